The molecule has 31 heavy (non-hydrogen) atoms. The van der Waals surface area contributed by atoms with Gasteiger partial charge in [0.1, 0.15) is 5.75 Å². The van der Waals surface area contributed by atoms with Gasteiger partial charge in [-0.05, 0) is 47.1 Å². The van der Waals surface area contributed by atoms with E-state index in [9.17, 15) is 19.7 Å². The zero-order chi connectivity index (χ0) is 22.7. The summed E-state index contributed by atoms with van der Waals surface area (Å²) < 4.78 is 12.9. The number of halogens is 1. The van der Waals surface area contributed by atoms with Crippen LogP contribution in [0.1, 0.15) is 29.9 Å². The predicted molar refractivity (Wildman–Crippen MR) is 118 cm³/mol. The third-order valence-corrected chi connectivity index (χ3v) is 5.27. The molecule has 0 aliphatic heterocycles. The molecule has 9 nitrogen and oxygen atoms in total. The van der Waals surface area contributed by atoms with Crippen molar-refractivity contribution in [3.63, 3.8) is 0 Å². The molecule has 0 radical (unpaired) electrons. The van der Waals surface area contributed by atoms with Crippen molar-refractivity contribution < 1.29 is 24.0 Å². The van der Waals surface area contributed by atoms with Crippen LogP contribution >= 0.6 is 15.9 Å². The van der Waals surface area contributed by atoms with Gasteiger partial charge in [0.25, 0.3) is 5.69 Å². The van der Waals surface area contributed by atoms with Crippen LogP contribution in [0.4, 0.5) is 11.4 Å². The van der Waals surface area contributed by atoms with Crippen molar-refractivity contribution in [1.29, 1.82) is 0 Å². The summed E-state index contributed by atoms with van der Waals surface area (Å²) in [6.45, 7) is 3.49. The molecule has 1 N–H and O–H groups in total. The monoisotopic (exact) mass is 489 g/mol. The standard InChI is InChI=1S/C21H20BrN3O6/c1-4-30-21(27)20-15-9-19(31-12(2)26)16(22)10-17(15)24(3)18(20)11-23-13-5-7-14(8-6-13)25(28)29/h5-10,23H,4,11H2,1-3H3. The fourth-order valence-corrected chi connectivity index (χ4v) is 3.66. The number of anilines is 1. The van der Waals surface area contributed by atoms with E-state index in [-0.39, 0.29) is 18.8 Å². The number of non-ortho nitro benzene ring substituents is 1. The summed E-state index contributed by atoms with van der Waals surface area (Å²) in [6, 6.07) is 9.39. The number of nitrogens with one attached hydrogen (secondary N) is 1. The summed E-state index contributed by atoms with van der Waals surface area (Å²) in [5, 5.41) is 14.6. The molecule has 0 saturated carbocycles. The van der Waals surface area contributed by atoms with Crippen LogP contribution in [0.15, 0.2) is 40.9 Å². The Kier molecular flexibility index (Phi) is 6.59. The Morgan fingerprint density at radius 3 is 2.48 bits per heavy atom. The molecule has 3 rings (SSSR count). The molecule has 0 bridgehead atoms. The fraction of sp³-hybridized carbons (Fsp3) is 0.238. The van der Waals surface area contributed by atoms with Gasteiger partial charge in [0.2, 0.25) is 0 Å². The van der Waals surface area contributed by atoms with Crippen molar-refractivity contribution in [3.05, 3.63) is 62.2 Å². The molecule has 0 atom stereocenters. The Balaban J connectivity index is 2.05. The van der Waals surface area contributed by atoms with Gasteiger partial charge in [-0.1, -0.05) is 0 Å². The maximum absolute atomic E-state index is 12.8. The Labute approximate surface area is 186 Å². The molecular weight excluding hydrogens is 470 g/mol. The van der Waals surface area contributed by atoms with E-state index in [2.05, 4.69) is 21.2 Å². The highest BCUT2D eigenvalue weighted by molar-refractivity contribution is 9.10. The van der Waals surface area contributed by atoms with E-state index in [4.69, 9.17) is 9.47 Å². The second-order valence-electron chi connectivity index (χ2n) is 6.65. The van der Waals surface area contributed by atoms with E-state index >= 15 is 0 Å². The summed E-state index contributed by atoms with van der Waals surface area (Å²) in [4.78, 5) is 34.6. The minimum absolute atomic E-state index is 0.00906. The second kappa shape index (κ2) is 9.17. The third kappa shape index (κ3) is 4.69. The van der Waals surface area contributed by atoms with Crippen LogP contribution in [-0.4, -0.2) is 28.0 Å². The third-order valence-electron chi connectivity index (χ3n) is 4.65. The van der Waals surface area contributed by atoms with Gasteiger partial charge in [-0.15, -0.1) is 0 Å². The van der Waals surface area contributed by atoms with Gasteiger partial charge in [0.05, 0.1) is 39.3 Å². The lowest BCUT2D eigenvalue weighted by molar-refractivity contribution is -0.384. The van der Waals surface area contributed by atoms with E-state index < -0.39 is 16.9 Å². The molecule has 0 unspecified atom stereocenters. The number of hydrogen-bond acceptors (Lipinski definition) is 7. The zero-order valence-electron chi connectivity index (χ0n) is 17.1. The number of nitro benzene ring substituents is 1. The lowest BCUT2D eigenvalue weighted by atomic mass is 10.1. The first-order chi connectivity index (χ1) is 14.7. The van der Waals surface area contributed by atoms with E-state index in [0.29, 0.717) is 32.6 Å². The van der Waals surface area contributed by atoms with E-state index in [1.807, 2.05) is 11.6 Å². The van der Waals surface area contributed by atoms with Gasteiger partial charge >= 0.3 is 11.9 Å². The molecule has 0 fully saturated rings. The summed E-state index contributed by atoms with van der Waals surface area (Å²) in [6.07, 6.45) is 0. The number of hydrogen-bond donors (Lipinski definition) is 1. The van der Waals surface area contributed by atoms with Gasteiger partial charge in [-0.2, -0.15) is 0 Å². The van der Waals surface area contributed by atoms with E-state index in [1.54, 1.807) is 31.2 Å². The fourth-order valence-electron chi connectivity index (χ4n) is 3.25. The lowest BCUT2D eigenvalue weighted by Crippen LogP contribution is -2.12. The highest BCUT2D eigenvalue weighted by atomic mass is 79.9. The van der Waals surface area contributed by atoms with Crippen LogP contribution in [0, 0.1) is 10.1 Å². The van der Waals surface area contributed by atoms with Crippen molar-refractivity contribution in [3.8, 4) is 5.75 Å². The first-order valence-corrected chi connectivity index (χ1v) is 10.2. The second-order valence-corrected chi connectivity index (χ2v) is 7.51. The average Bonchev–Trinajstić information content (AvgIpc) is 2.98. The smallest absolute Gasteiger partial charge is 0.340 e. The lowest BCUT2D eigenvalue weighted by Gasteiger charge is -2.10. The van der Waals surface area contributed by atoms with Gasteiger partial charge in [-0.3, -0.25) is 14.9 Å². The normalized spacial score (nSPS) is 10.7. The number of nitrogens with zero attached hydrogens (tertiary/aromatic N) is 2. The first kappa shape index (κ1) is 22.3. The number of carbonyl (C=O) groups excluding carboxylic acids is 2. The predicted octanol–water partition coefficient (Wildman–Crippen LogP) is 4.56. The molecule has 2 aromatic carbocycles. The molecule has 0 amide bonds. The molecule has 0 saturated heterocycles. The van der Waals surface area contributed by atoms with Crippen LogP contribution < -0.4 is 10.1 Å². The number of nitro groups is 1. The van der Waals surface area contributed by atoms with Crippen molar-refractivity contribution in [1.82, 2.24) is 4.57 Å². The van der Waals surface area contributed by atoms with Crippen LogP contribution in [-0.2, 0) is 23.1 Å². The molecule has 162 valence electrons. The highest BCUT2D eigenvalue weighted by Crippen LogP contribution is 2.35. The van der Waals surface area contributed by atoms with Gasteiger partial charge < -0.3 is 19.4 Å². The van der Waals surface area contributed by atoms with Crippen molar-refractivity contribution in [2.24, 2.45) is 7.05 Å². The average molecular weight is 490 g/mol. The zero-order valence-corrected chi connectivity index (χ0v) is 18.7. The molecular formula is C21H20BrN3O6. The molecule has 0 aliphatic rings. The first-order valence-electron chi connectivity index (χ1n) is 9.37. The van der Waals surface area contributed by atoms with Crippen molar-refractivity contribution >= 4 is 50.1 Å². The highest BCUT2D eigenvalue weighted by Gasteiger charge is 2.24. The number of aryl methyl sites for hydroxylation is 1. The molecule has 3 aromatic rings. The molecule has 10 heteroatoms. The number of ether oxygens (including phenoxy) is 2. The summed E-state index contributed by atoms with van der Waals surface area (Å²) in [7, 11) is 1.82. The number of esters is 2. The van der Waals surface area contributed by atoms with Crippen molar-refractivity contribution in [2.75, 3.05) is 11.9 Å². The SMILES string of the molecule is CCOC(=O)c1c(CNc2ccc([N+](=O)[O-])cc2)n(C)c2cc(Br)c(OC(C)=O)cc12. The molecule has 0 spiro atoms. The molecule has 1 aromatic heterocycles. The summed E-state index contributed by atoms with van der Waals surface area (Å²) in [5.74, 6) is -0.676. The maximum Gasteiger partial charge on any atom is 0.340 e. The Morgan fingerprint density at radius 2 is 1.90 bits per heavy atom. The quantitative estimate of drug-likeness (QED) is 0.224. The number of fused-ring (bicyclic) bond motifs is 1. The summed E-state index contributed by atoms with van der Waals surface area (Å²) in [5.41, 5.74) is 2.40. The summed E-state index contributed by atoms with van der Waals surface area (Å²) >= 11 is 3.40. The maximum atomic E-state index is 12.8. The molecule has 1 heterocycles. The molecule has 0 aliphatic carbocycles. The Bertz CT molecular complexity index is 1170. The van der Waals surface area contributed by atoms with Crippen LogP contribution in [0.25, 0.3) is 10.9 Å². The minimum atomic E-state index is -0.496. The van der Waals surface area contributed by atoms with Crippen LogP contribution in [0.5, 0.6) is 5.75 Å². The number of benzene rings is 2. The number of carbonyl (C=O) groups is 2. The Hall–Kier alpha value is -3.40. The Morgan fingerprint density at radius 1 is 1.23 bits per heavy atom. The van der Waals surface area contributed by atoms with Crippen LogP contribution in [0.3, 0.4) is 0 Å². The van der Waals surface area contributed by atoms with Crippen molar-refractivity contribution in [2.45, 2.75) is 20.4 Å². The number of aromatic nitrogens is 1. The van der Waals surface area contributed by atoms with Gasteiger partial charge in [0, 0.05) is 37.2 Å². The van der Waals surface area contributed by atoms with E-state index in [1.165, 1.54) is 19.1 Å². The largest absolute Gasteiger partial charge is 0.462 e. The van der Waals surface area contributed by atoms with E-state index in [0.717, 1.165) is 5.52 Å². The number of rotatable bonds is 7. The topological polar surface area (TPSA) is 113 Å². The van der Waals surface area contributed by atoms with Gasteiger partial charge in [-0.25, -0.2) is 4.79 Å². The van der Waals surface area contributed by atoms with Gasteiger partial charge in [0.15, 0.2) is 0 Å². The minimum Gasteiger partial charge on any atom is -0.462 e. The van der Waals surface area contributed by atoms with Crippen LogP contribution in [0.2, 0.25) is 0 Å².